The maximum absolute atomic E-state index is 13.2. The molecule has 6 nitrogen and oxygen atoms in total. The van der Waals surface area contributed by atoms with Crippen LogP contribution in [0.25, 0.3) is 0 Å². The molecule has 0 fully saturated rings. The Morgan fingerprint density at radius 3 is 2.74 bits per heavy atom. The number of hydrogen-bond acceptors (Lipinski definition) is 5. The number of nitro benzene ring substituents is 1. The first kappa shape index (κ1) is 13.2. The fourth-order valence-corrected chi connectivity index (χ4v) is 2.34. The molecular formula is C11H8FN3O3S. The SMILES string of the molecule is Cc1cc(=O)[nH]c(Sc2cc(F)cc([N+](=O)[O-])c2)n1. The molecular weight excluding hydrogens is 273 g/mol. The highest BCUT2D eigenvalue weighted by Crippen LogP contribution is 2.28. The largest absolute Gasteiger partial charge is 0.301 e. The van der Waals surface area contributed by atoms with E-state index >= 15 is 0 Å². The summed E-state index contributed by atoms with van der Waals surface area (Å²) in [6, 6.07) is 4.50. The Hall–Kier alpha value is -2.22. The zero-order valence-corrected chi connectivity index (χ0v) is 10.5. The van der Waals surface area contributed by atoms with Crippen LogP contribution < -0.4 is 5.56 Å². The molecule has 0 unspecified atom stereocenters. The van der Waals surface area contributed by atoms with Crippen LogP contribution in [0.3, 0.4) is 0 Å². The first-order valence-electron chi connectivity index (χ1n) is 5.15. The predicted octanol–water partition coefficient (Wildman–Crippen LogP) is 2.28. The summed E-state index contributed by atoms with van der Waals surface area (Å²) in [5.74, 6) is -0.716. The lowest BCUT2D eigenvalue weighted by atomic mass is 10.3. The van der Waals surface area contributed by atoms with Crippen molar-refractivity contribution in [2.45, 2.75) is 17.0 Å². The molecule has 1 aromatic carbocycles. The van der Waals surface area contributed by atoms with Gasteiger partial charge in [-0.3, -0.25) is 14.9 Å². The Labute approximate surface area is 110 Å². The molecule has 0 aliphatic carbocycles. The fraction of sp³-hybridized carbons (Fsp3) is 0.0909. The number of nitrogens with one attached hydrogen (secondary N) is 1. The number of non-ortho nitro benzene ring substituents is 1. The van der Waals surface area contributed by atoms with Crippen LogP contribution in [-0.4, -0.2) is 14.9 Å². The molecule has 2 rings (SSSR count). The van der Waals surface area contributed by atoms with Gasteiger partial charge in [0.15, 0.2) is 5.16 Å². The van der Waals surface area contributed by atoms with Crippen LogP contribution in [0.5, 0.6) is 0 Å². The first-order valence-corrected chi connectivity index (χ1v) is 5.96. The number of aromatic amines is 1. The number of hydrogen-bond donors (Lipinski definition) is 1. The van der Waals surface area contributed by atoms with E-state index in [1.165, 1.54) is 12.1 Å². The topological polar surface area (TPSA) is 88.9 Å². The van der Waals surface area contributed by atoms with Crippen LogP contribution in [0.1, 0.15) is 5.69 Å². The van der Waals surface area contributed by atoms with Crippen LogP contribution in [-0.2, 0) is 0 Å². The van der Waals surface area contributed by atoms with E-state index < -0.39 is 10.7 Å². The van der Waals surface area contributed by atoms with E-state index in [1.54, 1.807) is 6.92 Å². The van der Waals surface area contributed by atoms with Crippen LogP contribution in [0.4, 0.5) is 10.1 Å². The minimum atomic E-state index is -0.716. The highest BCUT2D eigenvalue weighted by atomic mass is 32.2. The molecule has 0 saturated carbocycles. The average molecular weight is 281 g/mol. The van der Waals surface area contributed by atoms with Crippen molar-refractivity contribution >= 4 is 17.4 Å². The molecule has 0 radical (unpaired) electrons. The maximum atomic E-state index is 13.2. The van der Waals surface area contributed by atoms with Gasteiger partial charge in [0.2, 0.25) is 0 Å². The first-order chi connectivity index (χ1) is 8.94. The summed E-state index contributed by atoms with van der Waals surface area (Å²) in [6.07, 6.45) is 0. The summed E-state index contributed by atoms with van der Waals surface area (Å²) in [7, 11) is 0. The van der Waals surface area contributed by atoms with Crippen molar-refractivity contribution in [3.63, 3.8) is 0 Å². The second-order valence-corrected chi connectivity index (χ2v) is 4.76. The minimum absolute atomic E-state index is 0.255. The van der Waals surface area contributed by atoms with Crippen molar-refractivity contribution in [2.75, 3.05) is 0 Å². The van der Waals surface area contributed by atoms with Crippen molar-refractivity contribution in [2.24, 2.45) is 0 Å². The third kappa shape index (κ3) is 3.38. The molecule has 19 heavy (non-hydrogen) atoms. The average Bonchev–Trinajstić information content (AvgIpc) is 2.26. The van der Waals surface area contributed by atoms with Gasteiger partial charge in [0, 0.05) is 22.7 Å². The Bertz CT molecular complexity index is 702. The van der Waals surface area contributed by atoms with Gasteiger partial charge >= 0.3 is 0 Å². The van der Waals surface area contributed by atoms with Gasteiger partial charge in [-0.1, -0.05) is 11.8 Å². The summed E-state index contributed by atoms with van der Waals surface area (Å²) in [5.41, 5.74) is -0.171. The Balaban J connectivity index is 2.37. The van der Waals surface area contributed by atoms with E-state index in [4.69, 9.17) is 0 Å². The maximum Gasteiger partial charge on any atom is 0.273 e. The Kier molecular flexibility index (Phi) is 3.61. The molecule has 0 aliphatic heterocycles. The standard InChI is InChI=1S/C11H8FN3O3S/c1-6-2-10(16)14-11(13-6)19-9-4-7(12)3-8(5-9)15(17)18/h2-5H,1H3,(H,13,14,16). The van der Waals surface area contributed by atoms with Gasteiger partial charge in [-0.25, -0.2) is 9.37 Å². The van der Waals surface area contributed by atoms with E-state index in [0.717, 1.165) is 23.9 Å². The molecule has 1 heterocycles. The smallest absolute Gasteiger partial charge is 0.273 e. The third-order valence-corrected chi connectivity index (χ3v) is 2.99. The quantitative estimate of drug-likeness (QED) is 0.529. The van der Waals surface area contributed by atoms with Crippen LogP contribution in [0, 0.1) is 22.9 Å². The molecule has 0 aliphatic rings. The van der Waals surface area contributed by atoms with E-state index in [-0.39, 0.29) is 16.4 Å². The summed E-state index contributed by atoms with van der Waals surface area (Å²) in [5, 5.41) is 10.9. The van der Waals surface area contributed by atoms with Crippen LogP contribution in [0.2, 0.25) is 0 Å². The van der Waals surface area contributed by atoms with Crippen molar-refractivity contribution in [3.05, 3.63) is 56.2 Å². The highest BCUT2D eigenvalue weighted by Gasteiger charge is 2.11. The number of halogens is 1. The molecule has 8 heteroatoms. The minimum Gasteiger partial charge on any atom is -0.301 e. The summed E-state index contributed by atoms with van der Waals surface area (Å²) >= 11 is 0.951. The van der Waals surface area contributed by atoms with Gasteiger partial charge in [-0.05, 0) is 13.0 Å². The van der Waals surface area contributed by atoms with Gasteiger partial charge in [-0.15, -0.1) is 0 Å². The molecule has 1 aromatic heterocycles. The van der Waals surface area contributed by atoms with Crippen molar-refractivity contribution in [1.82, 2.24) is 9.97 Å². The van der Waals surface area contributed by atoms with Crippen molar-refractivity contribution in [1.29, 1.82) is 0 Å². The molecule has 2 aromatic rings. The van der Waals surface area contributed by atoms with Gasteiger partial charge in [0.1, 0.15) is 5.82 Å². The zero-order chi connectivity index (χ0) is 14.0. The molecule has 0 saturated heterocycles. The van der Waals surface area contributed by atoms with Gasteiger partial charge in [0.25, 0.3) is 11.2 Å². The summed E-state index contributed by atoms with van der Waals surface area (Å²) in [6.45, 7) is 1.65. The van der Waals surface area contributed by atoms with Crippen LogP contribution >= 0.6 is 11.8 Å². The van der Waals surface area contributed by atoms with E-state index in [1.807, 2.05) is 0 Å². The number of nitrogens with zero attached hydrogens (tertiary/aromatic N) is 2. The number of aryl methyl sites for hydroxylation is 1. The lowest BCUT2D eigenvalue weighted by Gasteiger charge is -2.02. The number of benzene rings is 1. The summed E-state index contributed by atoms with van der Waals surface area (Å²) < 4.78 is 13.2. The Morgan fingerprint density at radius 1 is 1.37 bits per heavy atom. The third-order valence-electron chi connectivity index (χ3n) is 2.13. The van der Waals surface area contributed by atoms with Gasteiger partial charge in [-0.2, -0.15) is 0 Å². The number of H-pyrrole nitrogens is 1. The molecule has 98 valence electrons. The molecule has 0 amide bonds. The van der Waals surface area contributed by atoms with E-state index in [0.29, 0.717) is 10.6 Å². The molecule has 0 bridgehead atoms. The summed E-state index contributed by atoms with van der Waals surface area (Å²) in [4.78, 5) is 28.0. The highest BCUT2D eigenvalue weighted by molar-refractivity contribution is 7.99. The van der Waals surface area contributed by atoms with Crippen LogP contribution in [0.15, 0.2) is 39.1 Å². The fourth-order valence-electron chi connectivity index (χ4n) is 1.42. The number of nitro groups is 1. The molecule has 1 N–H and O–H groups in total. The van der Waals surface area contributed by atoms with Crippen molar-refractivity contribution < 1.29 is 9.31 Å². The monoisotopic (exact) mass is 281 g/mol. The van der Waals surface area contributed by atoms with Gasteiger partial charge in [0.05, 0.1) is 11.0 Å². The van der Waals surface area contributed by atoms with E-state index in [2.05, 4.69) is 9.97 Å². The lowest BCUT2D eigenvalue weighted by molar-refractivity contribution is -0.385. The lowest BCUT2D eigenvalue weighted by Crippen LogP contribution is -2.07. The van der Waals surface area contributed by atoms with Gasteiger partial charge < -0.3 is 4.98 Å². The Morgan fingerprint density at radius 2 is 2.11 bits per heavy atom. The second-order valence-electron chi connectivity index (χ2n) is 3.70. The molecule has 0 spiro atoms. The zero-order valence-electron chi connectivity index (χ0n) is 9.71. The number of aromatic nitrogens is 2. The number of rotatable bonds is 3. The predicted molar refractivity (Wildman–Crippen MR) is 66.8 cm³/mol. The normalized spacial score (nSPS) is 10.4. The second kappa shape index (κ2) is 5.19. The molecule has 0 atom stereocenters. The van der Waals surface area contributed by atoms with E-state index in [9.17, 15) is 19.3 Å². The van der Waals surface area contributed by atoms with Crippen molar-refractivity contribution in [3.8, 4) is 0 Å².